The fourth-order valence-corrected chi connectivity index (χ4v) is 5.43. The third-order valence-electron chi connectivity index (χ3n) is 3.55. The molecule has 11 heteroatoms. The number of anilines is 3. The topological polar surface area (TPSA) is 109 Å². The summed E-state index contributed by atoms with van der Waals surface area (Å²) < 4.78 is 28.0. The average molecular weight is 483 g/mol. The fourth-order valence-electron chi connectivity index (χ4n) is 2.35. The number of aromatic nitrogens is 3. The molecule has 3 heterocycles. The quantitative estimate of drug-likeness (QED) is 0.421. The van der Waals surface area contributed by atoms with Crippen LogP contribution in [-0.4, -0.2) is 36.5 Å². The highest BCUT2D eigenvalue weighted by atomic mass is 79.9. The van der Waals surface area contributed by atoms with Crippen molar-refractivity contribution in [1.82, 2.24) is 19.7 Å². The molecule has 3 aromatic heterocycles. The minimum absolute atomic E-state index is 0.225. The summed E-state index contributed by atoms with van der Waals surface area (Å²) in [7, 11) is -3.51. The number of thiophene rings is 1. The number of pyridine rings is 1. The molecule has 0 fully saturated rings. The molecule has 28 heavy (non-hydrogen) atoms. The van der Waals surface area contributed by atoms with Gasteiger partial charge < -0.3 is 10.6 Å². The van der Waals surface area contributed by atoms with E-state index in [-0.39, 0.29) is 10.8 Å². The molecule has 3 aromatic rings. The number of nitrogens with one attached hydrogen (secondary N) is 3. The Balaban J connectivity index is 1.58. The number of aryl methyl sites for hydroxylation is 2. The van der Waals surface area contributed by atoms with Crippen LogP contribution in [0, 0.1) is 13.8 Å². The summed E-state index contributed by atoms with van der Waals surface area (Å²) in [4.78, 5) is 12.9. The van der Waals surface area contributed by atoms with E-state index < -0.39 is 10.0 Å². The minimum atomic E-state index is -3.51. The molecular weight excluding hydrogens is 464 g/mol. The van der Waals surface area contributed by atoms with Crippen molar-refractivity contribution in [3.8, 4) is 0 Å². The van der Waals surface area contributed by atoms with Crippen molar-refractivity contribution in [1.29, 1.82) is 0 Å². The molecule has 8 nitrogen and oxygen atoms in total. The van der Waals surface area contributed by atoms with Crippen LogP contribution in [0.4, 0.5) is 17.5 Å². The Labute approximate surface area is 176 Å². The molecule has 3 N–H and O–H groups in total. The van der Waals surface area contributed by atoms with Crippen molar-refractivity contribution in [3.63, 3.8) is 0 Å². The number of halogens is 1. The molecule has 0 saturated heterocycles. The molecular formula is C17H19BrN6O2S2. The van der Waals surface area contributed by atoms with Gasteiger partial charge in [-0.05, 0) is 59.6 Å². The molecule has 0 unspecified atom stereocenters. The van der Waals surface area contributed by atoms with Gasteiger partial charge in [-0.1, -0.05) is 0 Å². The average Bonchev–Trinajstić information content (AvgIpc) is 3.06. The van der Waals surface area contributed by atoms with Crippen molar-refractivity contribution in [2.24, 2.45) is 0 Å². The lowest BCUT2D eigenvalue weighted by molar-refractivity contribution is 0.585. The molecule has 0 saturated carbocycles. The molecule has 0 aromatic carbocycles. The normalized spacial score (nSPS) is 11.4. The highest BCUT2D eigenvalue weighted by molar-refractivity contribution is 9.11. The lowest BCUT2D eigenvalue weighted by Gasteiger charge is -2.10. The van der Waals surface area contributed by atoms with Crippen molar-refractivity contribution >= 4 is 54.7 Å². The van der Waals surface area contributed by atoms with Crippen molar-refractivity contribution < 1.29 is 8.42 Å². The van der Waals surface area contributed by atoms with E-state index in [0.29, 0.717) is 29.8 Å². The molecule has 3 rings (SSSR count). The van der Waals surface area contributed by atoms with Gasteiger partial charge in [0.15, 0.2) is 0 Å². The second-order valence-corrected chi connectivity index (χ2v) is 10.4. The summed E-state index contributed by atoms with van der Waals surface area (Å²) in [6.07, 6.45) is 1.73. The highest BCUT2D eigenvalue weighted by Gasteiger charge is 2.15. The van der Waals surface area contributed by atoms with Gasteiger partial charge in [-0.25, -0.2) is 28.1 Å². The van der Waals surface area contributed by atoms with Gasteiger partial charge in [0.25, 0.3) is 0 Å². The molecule has 0 aliphatic rings. The van der Waals surface area contributed by atoms with Gasteiger partial charge in [0.05, 0.1) is 3.79 Å². The SMILES string of the molecule is Cc1ccnc(Nc2cc(NCCNS(=O)(=O)c3ccc(Br)s3)nc(C)n2)c1. The largest absolute Gasteiger partial charge is 0.369 e. The molecule has 0 amide bonds. The molecule has 0 aliphatic heterocycles. The van der Waals surface area contributed by atoms with Crippen LogP contribution in [-0.2, 0) is 10.0 Å². The highest BCUT2D eigenvalue weighted by Crippen LogP contribution is 2.25. The number of hydrogen-bond donors (Lipinski definition) is 3. The number of sulfonamides is 1. The van der Waals surface area contributed by atoms with Crippen LogP contribution in [0.15, 0.2) is 44.5 Å². The third-order valence-corrected chi connectivity index (χ3v) is 7.12. The van der Waals surface area contributed by atoms with E-state index in [2.05, 4.69) is 46.2 Å². The Morgan fingerprint density at radius 3 is 2.54 bits per heavy atom. The molecule has 0 atom stereocenters. The van der Waals surface area contributed by atoms with E-state index in [9.17, 15) is 8.42 Å². The maximum absolute atomic E-state index is 12.2. The monoisotopic (exact) mass is 482 g/mol. The van der Waals surface area contributed by atoms with Crippen molar-refractivity contribution in [3.05, 3.63) is 51.7 Å². The van der Waals surface area contributed by atoms with Gasteiger partial charge >= 0.3 is 0 Å². The Morgan fingerprint density at radius 2 is 1.82 bits per heavy atom. The summed E-state index contributed by atoms with van der Waals surface area (Å²) in [5, 5.41) is 6.26. The number of rotatable bonds is 8. The summed E-state index contributed by atoms with van der Waals surface area (Å²) in [6.45, 7) is 4.38. The molecule has 0 bridgehead atoms. The first-order valence-corrected chi connectivity index (χ1v) is 11.5. The van der Waals surface area contributed by atoms with E-state index in [4.69, 9.17) is 0 Å². The molecule has 148 valence electrons. The van der Waals surface area contributed by atoms with Crippen LogP contribution < -0.4 is 15.4 Å². The first-order valence-electron chi connectivity index (χ1n) is 8.36. The number of nitrogens with zero attached hydrogens (tertiary/aromatic N) is 3. The zero-order chi connectivity index (χ0) is 20.1. The van der Waals surface area contributed by atoms with E-state index in [1.54, 1.807) is 31.3 Å². The van der Waals surface area contributed by atoms with Crippen LogP contribution in [0.25, 0.3) is 0 Å². The lowest BCUT2D eigenvalue weighted by Crippen LogP contribution is -2.28. The maximum Gasteiger partial charge on any atom is 0.250 e. The van der Waals surface area contributed by atoms with E-state index in [1.165, 1.54) is 11.3 Å². The smallest absolute Gasteiger partial charge is 0.250 e. The predicted octanol–water partition coefficient (Wildman–Crippen LogP) is 3.45. The van der Waals surface area contributed by atoms with Crippen molar-refractivity contribution in [2.45, 2.75) is 18.1 Å². The molecule has 0 radical (unpaired) electrons. The fraction of sp³-hybridized carbons (Fsp3) is 0.235. The summed E-state index contributed by atoms with van der Waals surface area (Å²) in [5.74, 6) is 2.49. The summed E-state index contributed by atoms with van der Waals surface area (Å²) in [6, 6.07) is 8.86. The maximum atomic E-state index is 12.2. The molecule has 0 aliphatic carbocycles. The van der Waals surface area contributed by atoms with Gasteiger partial charge in [-0.3, -0.25) is 0 Å². The predicted molar refractivity (Wildman–Crippen MR) is 115 cm³/mol. The first kappa shape index (κ1) is 20.6. The van der Waals surface area contributed by atoms with Crippen LogP contribution in [0.5, 0.6) is 0 Å². The van der Waals surface area contributed by atoms with Crippen LogP contribution in [0.2, 0.25) is 0 Å². The zero-order valence-electron chi connectivity index (χ0n) is 15.2. The number of hydrogen-bond acceptors (Lipinski definition) is 8. The van der Waals surface area contributed by atoms with Gasteiger partial charge in [-0.15, -0.1) is 11.3 Å². The standard InChI is InChI=1S/C17H19BrN6O2S2/c1-11-5-6-19-14(9-11)24-16-10-15(22-12(2)23-16)20-7-8-21-28(25,26)17-4-3-13(18)27-17/h3-6,9-10,21H,7-8H2,1-2H3,(H2,19,20,22,23,24). The van der Waals surface area contributed by atoms with E-state index in [1.807, 2.05) is 19.1 Å². The van der Waals surface area contributed by atoms with Gasteiger partial charge in [0.2, 0.25) is 10.0 Å². The lowest BCUT2D eigenvalue weighted by atomic mass is 10.3. The minimum Gasteiger partial charge on any atom is -0.369 e. The van der Waals surface area contributed by atoms with Crippen LogP contribution in [0.3, 0.4) is 0 Å². The van der Waals surface area contributed by atoms with E-state index >= 15 is 0 Å². The van der Waals surface area contributed by atoms with Crippen LogP contribution in [0.1, 0.15) is 11.4 Å². The van der Waals surface area contributed by atoms with Gasteiger partial charge in [0.1, 0.15) is 27.5 Å². The Morgan fingerprint density at radius 1 is 1.04 bits per heavy atom. The van der Waals surface area contributed by atoms with Crippen molar-refractivity contribution in [2.75, 3.05) is 23.7 Å². The second-order valence-electron chi connectivity index (χ2n) is 5.91. The Kier molecular flexibility index (Phi) is 6.60. The summed E-state index contributed by atoms with van der Waals surface area (Å²) >= 11 is 4.43. The van der Waals surface area contributed by atoms with Gasteiger partial charge in [0, 0.05) is 25.4 Å². The Bertz CT molecular complexity index is 1070. The third kappa shape index (κ3) is 5.71. The second kappa shape index (κ2) is 8.95. The first-order chi connectivity index (χ1) is 13.3. The Hall–Kier alpha value is -2.08. The van der Waals surface area contributed by atoms with E-state index in [0.717, 1.165) is 9.35 Å². The molecule has 0 spiro atoms. The van der Waals surface area contributed by atoms with Gasteiger partial charge in [-0.2, -0.15) is 0 Å². The summed E-state index contributed by atoms with van der Waals surface area (Å²) in [5.41, 5.74) is 1.09. The van der Waals surface area contributed by atoms with Crippen LogP contribution >= 0.6 is 27.3 Å². The zero-order valence-corrected chi connectivity index (χ0v) is 18.4.